The topological polar surface area (TPSA) is 51.2 Å². The molecule has 2 aliphatic heterocycles. The molecule has 0 saturated carbocycles. The largest absolute Gasteiger partial charge is 0.496 e. The summed E-state index contributed by atoms with van der Waals surface area (Å²) in [4.78, 5) is 18.2. The fraction of sp³-hybridized carbons (Fsp3) is 0.387. The molecule has 2 heterocycles. The number of anilines is 1. The van der Waals surface area contributed by atoms with E-state index in [4.69, 9.17) is 14.2 Å². The minimum Gasteiger partial charge on any atom is -0.496 e. The minimum absolute atomic E-state index is 0.0431. The van der Waals surface area contributed by atoms with Crippen molar-refractivity contribution < 1.29 is 19.0 Å². The van der Waals surface area contributed by atoms with Gasteiger partial charge in [0.05, 0.1) is 25.9 Å². The van der Waals surface area contributed by atoms with Crippen LogP contribution in [0.25, 0.3) is 0 Å². The molecular formula is C31H36N2O4. The Hall–Kier alpha value is -3.51. The van der Waals surface area contributed by atoms with E-state index < -0.39 is 0 Å². The van der Waals surface area contributed by atoms with E-state index in [9.17, 15) is 4.79 Å². The summed E-state index contributed by atoms with van der Waals surface area (Å²) in [5.41, 5.74) is 5.11. The van der Waals surface area contributed by atoms with E-state index in [1.807, 2.05) is 35.2 Å². The van der Waals surface area contributed by atoms with Crippen molar-refractivity contribution in [3.05, 3.63) is 89.0 Å². The summed E-state index contributed by atoms with van der Waals surface area (Å²) in [7, 11) is 1.62. The molecule has 2 bridgehead atoms. The second kappa shape index (κ2) is 12.2. The highest BCUT2D eigenvalue weighted by Gasteiger charge is 2.23. The second-order valence-electron chi connectivity index (χ2n) is 9.72. The molecule has 0 aromatic heterocycles. The number of amides is 1. The SMILES string of the molecule is COc1ccc(N2CCCCC2)cc1C(=O)N1CCOCCOc2ccccc2Cc2cccc(c2)C1. The lowest BCUT2D eigenvalue weighted by atomic mass is 10.0. The van der Waals surface area contributed by atoms with Crippen molar-refractivity contribution in [2.24, 2.45) is 0 Å². The first-order chi connectivity index (χ1) is 18.2. The van der Waals surface area contributed by atoms with Crippen LogP contribution in [-0.4, -0.2) is 57.4 Å². The first kappa shape index (κ1) is 25.2. The van der Waals surface area contributed by atoms with E-state index >= 15 is 0 Å². The standard InChI is InChI=1S/C31H36N2O4/c1-35-30-13-12-27(32-14-5-2-6-15-32)22-28(30)31(34)33-16-17-36-18-19-37-29-11-4-3-10-26(29)21-24-8-7-9-25(20-24)23-33/h3-4,7-13,20,22H,2,5-6,14-19,21,23H2,1H3. The van der Waals surface area contributed by atoms with E-state index in [0.29, 0.717) is 44.2 Å². The minimum atomic E-state index is -0.0431. The quantitative estimate of drug-likeness (QED) is 0.487. The molecule has 0 atom stereocenters. The average molecular weight is 501 g/mol. The van der Waals surface area contributed by atoms with Gasteiger partial charge in [-0.25, -0.2) is 0 Å². The van der Waals surface area contributed by atoms with E-state index in [1.54, 1.807) is 7.11 Å². The van der Waals surface area contributed by atoms with E-state index in [0.717, 1.165) is 42.1 Å². The molecule has 3 aromatic rings. The van der Waals surface area contributed by atoms with Gasteiger partial charge in [0.15, 0.2) is 0 Å². The lowest BCUT2D eigenvalue weighted by molar-refractivity contribution is 0.0569. The number of carbonyl (C=O) groups excluding carboxylic acids is 1. The third kappa shape index (κ3) is 6.25. The van der Waals surface area contributed by atoms with Crippen LogP contribution in [0.2, 0.25) is 0 Å². The van der Waals surface area contributed by atoms with E-state index in [-0.39, 0.29) is 5.91 Å². The molecule has 1 fully saturated rings. The zero-order valence-corrected chi connectivity index (χ0v) is 21.7. The van der Waals surface area contributed by atoms with Gasteiger partial charge in [0.25, 0.3) is 5.91 Å². The zero-order chi connectivity index (χ0) is 25.5. The molecule has 194 valence electrons. The van der Waals surface area contributed by atoms with Crippen LogP contribution in [0.4, 0.5) is 5.69 Å². The van der Waals surface area contributed by atoms with Gasteiger partial charge in [-0.2, -0.15) is 0 Å². The van der Waals surface area contributed by atoms with Crippen LogP contribution in [-0.2, 0) is 17.7 Å². The maximum absolute atomic E-state index is 14.0. The summed E-state index contributed by atoms with van der Waals surface area (Å²) in [6.07, 6.45) is 4.40. The lowest BCUT2D eigenvalue weighted by Gasteiger charge is -2.30. The molecule has 0 aliphatic carbocycles. The van der Waals surface area contributed by atoms with Crippen LogP contribution in [0.15, 0.2) is 66.7 Å². The van der Waals surface area contributed by atoms with Crippen molar-refractivity contribution in [3.63, 3.8) is 0 Å². The van der Waals surface area contributed by atoms with Crippen LogP contribution in [0.3, 0.4) is 0 Å². The Morgan fingerprint density at radius 3 is 2.54 bits per heavy atom. The highest BCUT2D eigenvalue weighted by molar-refractivity contribution is 5.98. The molecule has 6 nitrogen and oxygen atoms in total. The molecular weight excluding hydrogens is 464 g/mol. The highest BCUT2D eigenvalue weighted by atomic mass is 16.5. The second-order valence-corrected chi connectivity index (χ2v) is 9.72. The number of fused-ring (bicyclic) bond motifs is 3. The van der Waals surface area contributed by atoms with Gasteiger partial charge in [0.1, 0.15) is 18.1 Å². The lowest BCUT2D eigenvalue weighted by Crippen LogP contribution is -2.35. The summed E-state index contributed by atoms with van der Waals surface area (Å²) < 4.78 is 17.5. The van der Waals surface area contributed by atoms with Crippen molar-refractivity contribution in [3.8, 4) is 11.5 Å². The maximum Gasteiger partial charge on any atom is 0.258 e. The van der Waals surface area contributed by atoms with Crippen molar-refractivity contribution in [2.45, 2.75) is 32.2 Å². The summed E-state index contributed by atoms with van der Waals surface area (Å²) in [5, 5.41) is 0. The Kier molecular flexibility index (Phi) is 8.26. The molecule has 0 unspecified atom stereocenters. The number of hydrogen-bond donors (Lipinski definition) is 0. The number of nitrogens with zero attached hydrogens (tertiary/aromatic N) is 2. The monoisotopic (exact) mass is 500 g/mol. The molecule has 2 aliphatic rings. The van der Waals surface area contributed by atoms with Crippen molar-refractivity contribution in [1.82, 2.24) is 4.90 Å². The summed E-state index contributed by atoms with van der Waals surface area (Å²) in [6.45, 7) is 4.41. The molecule has 0 spiro atoms. The van der Waals surface area contributed by atoms with Gasteiger partial charge in [-0.15, -0.1) is 0 Å². The fourth-order valence-corrected chi connectivity index (χ4v) is 5.19. The van der Waals surface area contributed by atoms with Gasteiger partial charge in [-0.05, 0) is 60.2 Å². The predicted molar refractivity (Wildman–Crippen MR) is 146 cm³/mol. The Morgan fingerprint density at radius 2 is 1.68 bits per heavy atom. The molecule has 1 saturated heterocycles. The Bertz CT molecular complexity index is 1210. The Morgan fingerprint density at radius 1 is 0.838 bits per heavy atom. The Balaban J connectivity index is 1.43. The van der Waals surface area contributed by atoms with Crippen molar-refractivity contribution in [2.75, 3.05) is 51.5 Å². The van der Waals surface area contributed by atoms with E-state index in [1.165, 1.54) is 24.8 Å². The number of hydrogen-bond acceptors (Lipinski definition) is 5. The van der Waals surface area contributed by atoms with Gasteiger partial charge in [-0.3, -0.25) is 4.79 Å². The van der Waals surface area contributed by atoms with Gasteiger partial charge in [0.2, 0.25) is 0 Å². The number of piperidine rings is 1. The van der Waals surface area contributed by atoms with Crippen LogP contribution in [0, 0.1) is 0 Å². The molecule has 6 heteroatoms. The number of para-hydroxylation sites is 1. The zero-order valence-electron chi connectivity index (χ0n) is 21.7. The number of methoxy groups -OCH3 is 1. The van der Waals surface area contributed by atoms with Gasteiger partial charge >= 0.3 is 0 Å². The molecule has 37 heavy (non-hydrogen) atoms. The smallest absolute Gasteiger partial charge is 0.258 e. The fourth-order valence-electron chi connectivity index (χ4n) is 5.19. The van der Waals surface area contributed by atoms with Gasteiger partial charge in [0, 0.05) is 38.3 Å². The third-order valence-corrected chi connectivity index (χ3v) is 7.14. The first-order valence-corrected chi connectivity index (χ1v) is 13.3. The summed E-state index contributed by atoms with van der Waals surface area (Å²) in [6, 6.07) is 22.6. The van der Waals surface area contributed by atoms with Crippen molar-refractivity contribution in [1.29, 1.82) is 0 Å². The third-order valence-electron chi connectivity index (χ3n) is 7.14. The van der Waals surface area contributed by atoms with Crippen LogP contribution in [0.5, 0.6) is 11.5 Å². The van der Waals surface area contributed by atoms with Gasteiger partial charge < -0.3 is 24.0 Å². The molecule has 1 amide bonds. The molecule has 5 rings (SSSR count). The first-order valence-electron chi connectivity index (χ1n) is 13.3. The molecule has 0 radical (unpaired) electrons. The Labute approximate surface area is 219 Å². The number of ether oxygens (including phenoxy) is 3. The van der Waals surface area contributed by atoms with Crippen LogP contribution < -0.4 is 14.4 Å². The average Bonchev–Trinajstić information content (AvgIpc) is 2.94. The number of rotatable bonds is 3. The number of benzene rings is 3. The highest BCUT2D eigenvalue weighted by Crippen LogP contribution is 2.29. The van der Waals surface area contributed by atoms with Crippen LogP contribution >= 0.6 is 0 Å². The van der Waals surface area contributed by atoms with E-state index in [2.05, 4.69) is 41.3 Å². The predicted octanol–water partition coefficient (Wildman–Crippen LogP) is 5.33. The molecule has 3 aromatic carbocycles. The summed E-state index contributed by atoms with van der Waals surface area (Å²) in [5.74, 6) is 1.45. The maximum atomic E-state index is 14.0. The summed E-state index contributed by atoms with van der Waals surface area (Å²) >= 11 is 0. The van der Waals surface area contributed by atoms with Gasteiger partial charge in [-0.1, -0.05) is 42.5 Å². The van der Waals surface area contributed by atoms with Crippen LogP contribution in [0.1, 0.15) is 46.3 Å². The normalized spacial score (nSPS) is 16.8. The molecule has 0 N–H and O–H groups in total. The number of carbonyl (C=O) groups is 1. The van der Waals surface area contributed by atoms with Crippen molar-refractivity contribution >= 4 is 11.6 Å².